The van der Waals surface area contributed by atoms with E-state index in [9.17, 15) is 14.4 Å². The summed E-state index contributed by atoms with van der Waals surface area (Å²) in [5, 5.41) is 5.51. The minimum absolute atomic E-state index is 0.0934. The van der Waals surface area contributed by atoms with Crippen molar-refractivity contribution in [2.45, 2.75) is 33.6 Å². The van der Waals surface area contributed by atoms with E-state index in [0.29, 0.717) is 23.8 Å². The summed E-state index contributed by atoms with van der Waals surface area (Å²) in [6.07, 6.45) is 2.22. The summed E-state index contributed by atoms with van der Waals surface area (Å²) in [5.74, 6) is 0.333. The summed E-state index contributed by atoms with van der Waals surface area (Å²) in [7, 11) is 0. The third-order valence-electron chi connectivity index (χ3n) is 4.67. The smallest absolute Gasteiger partial charge is 0.238 e. The van der Waals surface area contributed by atoms with Gasteiger partial charge in [0, 0.05) is 31.4 Å². The molecule has 0 aliphatic carbocycles. The predicted octanol–water partition coefficient (Wildman–Crippen LogP) is 2.16. The summed E-state index contributed by atoms with van der Waals surface area (Å²) in [6, 6.07) is 6.94. The van der Waals surface area contributed by atoms with Crippen molar-refractivity contribution in [2.75, 3.05) is 43.4 Å². The minimum Gasteiger partial charge on any atom is -0.341 e. The van der Waals surface area contributed by atoms with Gasteiger partial charge in [0.2, 0.25) is 17.7 Å². The number of rotatable bonds is 7. The first-order valence-electron chi connectivity index (χ1n) is 9.55. The Hall–Kier alpha value is -2.41. The second kappa shape index (κ2) is 10.1. The lowest BCUT2D eigenvalue weighted by Gasteiger charge is -2.32. The predicted molar refractivity (Wildman–Crippen MR) is 106 cm³/mol. The number of nitrogens with zero attached hydrogens (tertiary/aromatic N) is 2. The second-order valence-corrected chi connectivity index (χ2v) is 7.20. The van der Waals surface area contributed by atoms with E-state index in [1.165, 1.54) is 13.3 Å². The summed E-state index contributed by atoms with van der Waals surface area (Å²) in [5.41, 5.74) is 1.33. The van der Waals surface area contributed by atoms with Crippen LogP contribution in [0, 0.1) is 5.92 Å². The van der Waals surface area contributed by atoms with Crippen LogP contribution in [0.3, 0.4) is 0 Å². The van der Waals surface area contributed by atoms with Crippen molar-refractivity contribution in [2.24, 2.45) is 5.92 Å². The number of anilines is 2. The van der Waals surface area contributed by atoms with Crippen LogP contribution >= 0.6 is 0 Å². The molecule has 0 spiro atoms. The molecule has 7 nitrogen and oxygen atoms in total. The molecule has 0 aromatic heterocycles. The van der Waals surface area contributed by atoms with Gasteiger partial charge in [-0.2, -0.15) is 0 Å². The topological polar surface area (TPSA) is 81.8 Å². The molecular formula is C20H30N4O3. The monoisotopic (exact) mass is 374 g/mol. The first-order chi connectivity index (χ1) is 12.9. The Morgan fingerprint density at radius 2 is 1.74 bits per heavy atom. The Kier molecular flexibility index (Phi) is 7.79. The number of likely N-dealkylation sites (tertiary alicyclic amines) is 1. The Balaban J connectivity index is 1.83. The van der Waals surface area contributed by atoms with Gasteiger partial charge in [0.05, 0.1) is 13.1 Å². The molecular weight excluding hydrogens is 344 g/mol. The quantitative estimate of drug-likeness (QED) is 0.766. The Bertz CT molecular complexity index is 660. The zero-order valence-corrected chi connectivity index (χ0v) is 16.5. The lowest BCUT2D eigenvalue weighted by molar-refractivity contribution is -0.134. The molecule has 0 bridgehead atoms. The van der Waals surface area contributed by atoms with Crippen molar-refractivity contribution in [1.29, 1.82) is 0 Å². The molecule has 1 fully saturated rings. The summed E-state index contributed by atoms with van der Waals surface area (Å²) < 4.78 is 0. The second-order valence-electron chi connectivity index (χ2n) is 7.20. The van der Waals surface area contributed by atoms with E-state index < -0.39 is 0 Å². The number of hydrogen-bond donors (Lipinski definition) is 2. The van der Waals surface area contributed by atoms with Gasteiger partial charge in [-0.3, -0.25) is 19.3 Å². The first-order valence-corrected chi connectivity index (χ1v) is 9.55. The summed E-state index contributed by atoms with van der Waals surface area (Å²) in [4.78, 5) is 39.6. The highest BCUT2D eigenvalue weighted by atomic mass is 16.2. The fraction of sp³-hybridized carbons (Fsp3) is 0.550. The molecule has 1 heterocycles. The van der Waals surface area contributed by atoms with E-state index in [-0.39, 0.29) is 30.8 Å². The van der Waals surface area contributed by atoms with Gasteiger partial charge in [-0.05, 0) is 49.6 Å². The van der Waals surface area contributed by atoms with Crippen molar-refractivity contribution in [1.82, 2.24) is 9.80 Å². The number of nitrogens with one attached hydrogen (secondary N) is 2. The van der Waals surface area contributed by atoms with E-state index in [4.69, 9.17) is 0 Å². The van der Waals surface area contributed by atoms with Crippen LogP contribution in [0.25, 0.3) is 0 Å². The van der Waals surface area contributed by atoms with E-state index in [1.54, 1.807) is 24.3 Å². The molecule has 0 radical (unpaired) electrons. The summed E-state index contributed by atoms with van der Waals surface area (Å²) >= 11 is 0. The zero-order valence-electron chi connectivity index (χ0n) is 16.5. The molecule has 0 saturated carbocycles. The molecule has 1 atom stereocenters. The molecule has 148 valence electrons. The zero-order chi connectivity index (χ0) is 19.8. The normalized spacial score (nSPS) is 16.9. The van der Waals surface area contributed by atoms with Gasteiger partial charge in [0.1, 0.15) is 0 Å². The molecule has 1 aliphatic rings. The Morgan fingerprint density at radius 3 is 2.30 bits per heavy atom. The van der Waals surface area contributed by atoms with Crippen LogP contribution in [0.15, 0.2) is 24.3 Å². The number of amides is 3. The van der Waals surface area contributed by atoms with Crippen molar-refractivity contribution in [3.05, 3.63) is 24.3 Å². The van der Waals surface area contributed by atoms with Gasteiger partial charge in [0.25, 0.3) is 0 Å². The van der Waals surface area contributed by atoms with E-state index >= 15 is 0 Å². The van der Waals surface area contributed by atoms with Gasteiger partial charge >= 0.3 is 0 Å². The fourth-order valence-electron chi connectivity index (χ4n) is 3.23. The Morgan fingerprint density at radius 1 is 1.11 bits per heavy atom. The molecule has 1 unspecified atom stereocenters. The molecule has 1 aliphatic heterocycles. The molecule has 3 amide bonds. The van der Waals surface area contributed by atoms with Gasteiger partial charge in [0.15, 0.2) is 0 Å². The van der Waals surface area contributed by atoms with Crippen LogP contribution in [0.2, 0.25) is 0 Å². The van der Waals surface area contributed by atoms with Crippen molar-refractivity contribution >= 4 is 29.1 Å². The van der Waals surface area contributed by atoms with Crippen LogP contribution in [0.1, 0.15) is 33.6 Å². The third kappa shape index (κ3) is 7.02. The molecule has 1 saturated heterocycles. The van der Waals surface area contributed by atoms with Gasteiger partial charge < -0.3 is 15.5 Å². The van der Waals surface area contributed by atoms with Crippen molar-refractivity contribution in [3.8, 4) is 0 Å². The SMILES string of the molecule is CCN(CC(=O)Nc1ccc(NC(C)=O)cc1)CC(=O)N1CCCC(C)C1. The molecule has 1 aromatic carbocycles. The van der Waals surface area contributed by atoms with Gasteiger partial charge in [-0.15, -0.1) is 0 Å². The molecule has 2 rings (SSSR count). The molecule has 2 N–H and O–H groups in total. The molecule has 27 heavy (non-hydrogen) atoms. The number of carbonyl (C=O) groups is 3. The van der Waals surface area contributed by atoms with Crippen molar-refractivity contribution < 1.29 is 14.4 Å². The number of likely N-dealkylation sites (N-methyl/N-ethyl adjacent to an activating group) is 1. The average Bonchev–Trinajstić information content (AvgIpc) is 2.62. The largest absolute Gasteiger partial charge is 0.341 e. The van der Waals surface area contributed by atoms with Crippen LogP contribution < -0.4 is 10.6 Å². The van der Waals surface area contributed by atoms with Crippen LogP contribution in [-0.2, 0) is 14.4 Å². The van der Waals surface area contributed by atoms with Crippen LogP contribution in [0.5, 0.6) is 0 Å². The lowest BCUT2D eigenvalue weighted by Crippen LogP contribution is -2.46. The number of carbonyl (C=O) groups excluding carboxylic acids is 3. The van der Waals surface area contributed by atoms with E-state index in [0.717, 1.165) is 19.5 Å². The fourth-order valence-corrected chi connectivity index (χ4v) is 3.23. The van der Waals surface area contributed by atoms with Crippen LogP contribution in [-0.4, -0.2) is 60.2 Å². The summed E-state index contributed by atoms with van der Waals surface area (Å²) in [6.45, 7) is 8.24. The minimum atomic E-state index is -0.163. The number of benzene rings is 1. The maximum absolute atomic E-state index is 12.5. The lowest BCUT2D eigenvalue weighted by atomic mass is 10.0. The molecule has 7 heteroatoms. The van der Waals surface area contributed by atoms with Gasteiger partial charge in [-0.1, -0.05) is 13.8 Å². The van der Waals surface area contributed by atoms with E-state index in [2.05, 4.69) is 17.6 Å². The maximum atomic E-state index is 12.5. The highest BCUT2D eigenvalue weighted by molar-refractivity contribution is 5.93. The third-order valence-corrected chi connectivity index (χ3v) is 4.67. The Labute approximate surface area is 161 Å². The number of hydrogen-bond acceptors (Lipinski definition) is 4. The van der Waals surface area contributed by atoms with Crippen LogP contribution in [0.4, 0.5) is 11.4 Å². The van der Waals surface area contributed by atoms with Gasteiger partial charge in [-0.25, -0.2) is 0 Å². The van der Waals surface area contributed by atoms with Crippen molar-refractivity contribution in [3.63, 3.8) is 0 Å². The average molecular weight is 374 g/mol. The highest BCUT2D eigenvalue weighted by Gasteiger charge is 2.23. The first kappa shape index (κ1) is 20.9. The highest BCUT2D eigenvalue weighted by Crippen LogP contribution is 2.16. The number of piperidine rings is 1. The standard InChI is InChI=1S/C20H30N4O3/c1-4-23(14-20(27)24-11-5-6-15(2)12-24)13-19(26)22-18-9-7-17(8-10-18)21-16(3)25/h7-10,15H,4-6,11-14H2,1-3H3,(H,21,25)(H,22,26). The maximum Gasteiger partial charge on any atom is 0.238 e. The molecule has 1 aromatic rings. The van der Waals surface area contributed by atoms with E-state index in [1.807, 2.05) is 16.7 Å².